The maximum atomic E-state index is 9.76. The van der Waals surface area contributed by atoms with Gasteiger partial charge in [-0.3, -0.25) is 0 Å². The Labute approximate surface area is 108 Å². The molecular weight excluding hydrogens is 232 g/mol. The van der Waals surface area contributed by atoms with Gasteiger partial charge in [-0.15, -0.1) is 11.8 Å². The molecule has 1 aromatic rings. The molecule has 0 amide bonds. The minimum atomic E-state index is -0.400. The standard InChI is InChI=1S/C14H22O2S/c1-10(2)16-8-13(15)9-17-14-6-5-11(3)7-12(14)4/h5-7,10,13,15H,8-9H2,1-4H3/t13-/m0/s1. The fourth-order valence-corrected chi connectivity index (χ4v) is 2.42. The summed E-state index contributed by atoms with van der Waals surface area (Å²) < 4.78 is 5.38. The molecular formula is C14H22O2S. The highest BCUT2D eigenvalue weighted by Gasteiger charge is 2.07. The van der Waals surface area contributed by atoms with Gasteiger partial charge in [0.05, 0.1) is 18.8 Å². The zero-order valence-corrected chi connectivity index (χ0v) is 11.9. The molecule has 0 saturated heterocycles. The van der Waals surface area contributed by atoms with Crippen LogP contribution in [0.4, 0.5) is 0 Å². The van der Waals surface area contributed by atoms with E-state index in [9.17, 15) is 5.11 Å². The Morgan fingerprint density at radius 2 is 2.00 bits per heavy atom. The van der Waals surface area contributed by atoms with Crippen molar-refractivity contribution in [2.24, 2.45) is 0 Å². The lowest BCUT2D eigenvalue weighted by molar-refractivity contribution is 0.0152. The van der Waals surface area contributed by atoms with Crippen molar-refractivity contribution in [3.63, 3.8) is 0 Å². The van der Waals surface area contributed by atoms with E-state index in [1.807, 2.05) is 13.8 Å². The van der Waals surface area contributed by atoms with E-state index in [-0.39, 0.29) is 6.10 Å². The molecule has 0 unspecified atom stereocenters. The summed E-state index contributed by atoms with van der Waals surface area (Å²) in [5.41, 5.74) is 2.54. The van der Waals surface area contributed by atoms with Gasteiger partial charge in [0.25, 0.3) is 0 Å². The molecule has 0 aliphatic rings. The third-order valence-corrected chi connectivity index (χ3v) is 3.70. The van der Waals surface area contributed by atoms with Crippen molar-refractivity contribution >= 4 is 11.8 Å². The molecule has 17 heavy (non-hydrogen) atoms. The number of aliphatic hydroxyl groups is 1. The van der Waals surface area contributed by atoms with Crippen molar-refractivity contribution in [1.82, 2.24) is 0 Å². The number of hydrogen-bond acceptors (Lipinski definition) is 3. The zero-order valence-electron chi connectivity index (χ0n) is 11.1. The molecule has 1 atom stereocenters. The van der Waals surface area contributed by atoms with Gasteiger partial charge in [-0.2, -0.15) is 0 Å². The van der Waals surface area contributed by atoms with Crippen molar-refractivity contribution in [1.29, 1.82) is 0 Å². The minimum absolute atomic E-state index is 0.177. The topological polar surface area (TPSA) is 29.5 Å². The fourth-order valence-electron chi connectivity index (χ4n) is 1.50. The van der Waals surface area contributed by atoms with Crippen LogP contribution in [-0.2, 0) is 4.74 Å². The first kappa shape index (κ1) is 14.6. The number of rotatable bonds is 6. The van der Waals surface area contributed by atoms with E-state index in [4.69, 9.17) is 4.74 Å². The Kier molecular flexibility index (Phi) is 6.03. The van der Waals surface area contributed by atoms with Gasteiger partial charge < -0.3 is 9.84 Å². The molecule has 0 aliphatic carbocycles. The summed E-state index contributed by atoms with van der Waals surface area (Å²) in [6.07, 6.45) is -0.223. The highest BCUT2D eigenvalue weighted by atomic mass is 32.2. The number of hydrogen-bond donors (Lipinski definition) is 1. The Balaban J connectivity index is 2.39. The van der Waals surface area contributed by atoms with Crippen LogP contribution in [0.3, 0.4) is 0 Å². The van der Waals surface area contributed by atoms with Crippen LogP contribution in [0.1, 0.15) is 25.0 Å². The number of aliphatic hydroxyl groups excluding tert-OH is 1. The fraction of sp³-hybridized carbons (Fsp3) is 0.571. The molecule has 0 heterocycles. The lowest BCUT2D eigenvalue weighted by atomic mass is 10.2. The molecule has 0 aliphatic heterocycles. The van der Waals surface area contributed by atoms with Crippen LogP contribution in [0, 0.1) is 13.8 Å². The Hall–Kier alpha value is -0.510. The second-order valence-electron chi connectivity index (χ2n) is 4.62. The second kappa shape index (κ2) is 7.04. The quantitative estimate of drug-likeness (QED) is 0.791. The van der Waals surface area contributed by atoms with Crippen LogP contribution < -0.4 is 0 Å². The Morgan fingerprint density at radius 1 is 1.29 bits per heavy atom. The molecule has 0 bridgehead atoms. The van der Waals surface area contributed by atoms with Crippen molar-refractivity contribution in [2.45, 2.75) is 44.8 Å². The monoisotopic (exact) mass is 254 g/mol. The van der Waals surface area contributed by atoms with E-state index in [1.54, 1.807) is 11.8 Å². The second-order valence-corrected chi connectivity index (χ2v) is 5.68. The average Bonchev–Trinajstić information content (AvgIpc) is 2.25. The lowest BCUT2D eigenvalue weighted by Gasteiger charge is -2.14. The number of thioether (sulfide) groups is 1. The molecule has 1 aromatic carbocycles. The predicted molar refractivity (Wildman–Crippen MR) is 73.7 cm³/mol. The molecule has 3 heteroatoms. The SMILES string of the molecule is Cc1ccc(SC[C@@H](O)COC(C)C)c(C)c1. The van der Waals surface area contributed by atoms with Crippen molar-refractivity contribution < 1.29 is 9.84 Å². The summed E-state index contributed by atoms with van der Waals surface area (Å²) in [6, 6.07) is 6.39. The maximum absolute atomic E-state index is 9.76. The van der Waals surface area contributed by atoms with Crippen LogP contribution in [0.2, 0.25) is 0 Å². The van der Waals surface area contributed by atoms with Crippen molar-refractivity contribution in [3.8, 4) is 0 Å². The van der Waals surface area contributed by atoms with Crippen LogP contribution in [-0.4, -0.2) is 29.7 Å². The molecule has 96 valence electrons. The summed E-state index contributed by atoms with van der Waals surface area (Å²) in [7, 11) is 0. The van der Waals surface area contributed by atoms with Crippen LogP contribution in [0.25, 0.3) is 0 Å². The van der Waals surface area contributed by atoms with Gasteiger partial charge >= 0.3 is 0 Å². The number of benzene rings is 1. The normalized spacial score (nSPS) is 13.1. The third kappa shape index (κ3) is 5.57. The molecule has 2 nitrogen and oxygen atoms in total. The van der Waals surface area contributed by atoms with E-state index < -0.39 is 6.10 Å². The Morgan fingerprint density at radius 3 is 2.59 bits per heavy atom. The van der Waals surface area contributed by atoms with Gasteiger partial charge in [-0.25, -0.2) is 0 Å². The predicted octanol–water partition coefficient (Wildman–Crippen LogP) is 3.18. The smallest absolute Gasteiger partial charge is 0.0867 e. The summed E-state index contributed by atoms with van der Waals surface area (Å²) in [5.74, 6) is 0.677. The molecule has 0 aromatic heterocycles. The summed E-state index contributed by atoms with van der Waals surface area (Å²) in [5, 5.41) is 9.76. The van der Waals surface area contributed by atoms with Crippen LogP contribution in [0.15, 0.2) is 23.1 Å². The van der Waals surface area contributed by atoms with Gasteiger partial charge in [-0.05, 0) is 39.3 Å². The van der Waals surface area contributed by atoms with E-state index in [2.05, 4.69) is 32.0 Å². The molecule has 1 N–H and O–H groups in total. The number of aryl methyl sites for hydroxylation is 2. The average molecular weight is 254 g/mol. The molecule has 0 fully saturated rings. The van der Waals surface area contributed by atoms with E-state index >= 15 is 0 Å². The van der Waals surface area contributed by atoms with Gasteiger partial charge in [0.2, 0.25) is 0 Å². The first-order valence-corrected chi connectivity index (χ1v) is 6.97. The Bertz CT molecular complexity index is 350. The number of ether oxygens (including phenoxy) is 1. The summed E-state index contributed by atoms with van der Waals surface area (Å²) in [4.78, 5) is 1.24. The maximum Gasteiger partial charge on any atom is 0.0867 e. The van der Waals surface area contributed by atoms with Crippen LogP contribution in [0.5, 0.6) is 0 Å². The third-order valence-electron chi connectivity index (χ3n) is 2.38. The highest BCUT2D eigenvalue weighted by Crippen LogP contribution is 2.23. The van der Waals surface area contributed by atoms with Crippen molar-refractivity contribution in [3.05, 3.63) is 29.3 Å². The van der Waals surface area contributed by atoms with Crippen molar-refractivity contribution in [2.75, 3.05) is 12.4 Å². The molecule has 0 radical (unpaired) electrons. The van der Waals surface area contributed by atoms with Gasteiger partial charge in [0.1, 0.15) is 0 Å². The van der Waals surface area contributed by atoms with Gasteiger partial charge in [0.15, 0.2) is 0 Å². The van der Waals surface area contributed by atoms with E-state index in [0.717, 1.165) is 0 Å². The molecule has 0 saturated carbocycles. The zero-order chi connectivity index (χ0) is 12.8. The largest absolute Gasteiger partial charge is 0.390 e. The first-order chi connectivity index (χ1) is 7.99. The molecule has 0 spiro atoms. The lowest BCUT2D eigenvalue weighted by Crippen LogP contribution is -2.20. The first-order valence-electron chi connectivity index (χ1n) is 5.98. The van der Waals surface area contributed by atoms with E-state index in [1.165, 1.54) is 16.0 Å². The molecule has 1 rings (SSSR count). The van der Waals surface area contributed by atoms with Gasteiger partial charge in [0, 0.05) is 10.6 Å². The minimum Gasteiger partial charge on any atom is -0.390 e. The van der Waals surface area contributed by atoms with Crippen LogP contribution >= 0.6 is 11.8 Å². The summed E-state index contributed by atoms with van der Waals surface area (Å²) >= 11 is 1.69. The van der Waals surface area contributed by atoms with Gasteiger partial charge in [-0.1, -0.05) is 17.7 Å². The van der Waals surface area contributed by atoms with E-state index in [0.29, 0.717) is 12.4 Å². The summed E-state index contributed by atoms with van der Waals surface area (Å²) in [6.45, 7) is 8.56. The highest BCUT2D eigenvalue weighted by molar-refractivity contribution is 7.99.